The Balaban J connectivity index is 2.23. The van der Waals surface area contributed by atoms with Gasteiger partial charge in [0.2, 0.25) is 0 Å². The van der Waals surface area contributed by atoms with Crippen LogP contribution in [0, 0.1) is 4.77 Å². The van der Waals surface area contributed by atoms with Gasteiger partial charge in [-0.25, -0.2) is 0 Å². The molecule has 0 spiro atoms. The van der Waals surface area contributed by atoms with Gasteiger partial charge in [-0.3, -0.25) is 5.10 Å². The van der Waals surface area contributed by atoms with Crippen molar-refractivity contribution in [1.82, 2.24) is 15.2 Å². The summed E-state index contributed by atoms with van der Waals surface area (Å²) in [6.07, 6.45) is 0. The monoisotopic (exact) mass is 291 g/mol. The average Bonchev–Trinajstić information content (AvgIpc) is 2.81. The number of aromatic nitrogens is 3. The number of ether oxygens (including phenoxy) is 1. The molecule has 0 fully saturated rings. The van der Waals surface area contributed by atoms with Crippen LogP contribution in [0.4, 0.5) is 0 Å². The van der Waals surface area contributed by atoms with Crippen molar-refractivity contribution in [3.05, 3.63) is 39.9 Å². The van der Waals surface area contributed by atoms with Gasteiger partial charge in [0, 0.05) is 0 Å². The van der Waals surface area contributed by atoms with Gasteiger partial charge in [-0.2, -0.15) is 5.10 Å². The van der Waals surface area contributed by atoms with Gasteiger partial charge in [-0.05, 0) is 41.2 Å². The Kier molecular flexibility index (Phi) is 4.60. The van der Waals surface area contributed by atoms with E-state index < -0.39 is 0 Å². The van der Waals surface area contributed by atoms with E-state index in [0.29, 0.717) is 29.0 Å². The SMILES string of the molecule is CC(C)c1ccc(C(C)C)c(OCc2n[nH]c(=S)[nH]2)c1. The predicted octanol–water partition coefficient (Wildman–Crippen LogP) is 4.29. The van der Waals surface area contributed by atoms with Crippen molar-refractivity contribution in [2.24, 2.45) is 0 Å². The predicted molar refractivity (Wildman–Crippen MR) is 82.7 cm³/mol. The van der Waals surface area contributed by atoms with Gasteiger partial charge in [-0.15, -0.1) is 0 Å². The second-order valence-corrected chi connectivity index (χ2v) is 5.93. The first-order valence-electron chi connectivity index (χ1n) is 6.87. The minimum atomic E-state index is 0.383. The Hall–Kier alpha value is -1.62. The molecule has 0 aliphatic carbocycles. The fourth-order valence-corrected chi connectivity index (χ4v) is 2.20. The number of nitrogens with zero attached hydrogens (tertiary/aromatic N) is 1. The molecule has 0 saturated heterocycles. The number of rotatable bonds is 5. The molecule has 0 unspecified atom stereocenters. The van der Waals surface area contributed by atoms with E-state index >= 15 is 0 Å². The summed E-state index contributed by atoms with van der Waals surface area (Å²) >= 11 is 4.96. The molecular formula is C15H21N3OS. The van der Waals surface area contributed by atoms with Crippen LogP contribution in [-0.4, -0.2) is 15.2 Å². The number of aromatic amines is 2. The van der Waals surface area contributed by atoms with E-state index in [4.69, 9.17) is 17.0 Å². The number of benzene rings is 1. The van der Waals surface area contributed by atoms with Crippen molar-refractivity contribution in [3.8, 4) is 5.75 Å². The highest BCUT2D eigenvalue weighted by molar-refractivity contribution is 7.71. The van der Waals surface area contributed by atoms with E-state index in [1.165, 1.54) is 11.1 Å². The molecule has 0 amide bonds. The number of H-pyrrole nitrogens is 2. The Morgan fingerprint density at radius 2 is 1.95 bits per heavy atom. The fraction of sp³-hybridized carbons (Fsp3) is 0.467. The highest BCUT2D eigenvalue weighted by Gasteiger charge is 2.11. The maximum atomic E-state index is 5.93. The third kappa shape index (κ3) is 3.48. The largest absolute Gasteiger partial charge is 0.485 e. The average molecular weight is 291 g/mol. The second kappa shape index (κ2) is 6.22. The lowest BCUT2D eigenvalue weighted by Gasteiger charge is -2.16. The summed E-state index contributed by atoms with van der Waals surface area (Å²) in [4.78, 5) is 2.96. The normalized spacial score (nSPS) is 11.3. The van der Waals surface area contributed by atoms with E-state index in [1.807, 2.05) is 0 Å². The summed E-state index contributed by atoms with van der Waals surface area (Å²) in [6.45, 7) is 9.07. The molecule has 20 heavy (non-hydrogen) atoms. The quantitative estimate of drug-likeness (QED) is 0.808. The zero-order chi connectivity index (χ0) is 14.7. The summed E-state index contributed by atoms with van der Waals surface area (Å²) in [5.41, 5.74) is 2.49. The van der Waals surface area contributed by atoms with Gasteiger partial charge in [-0.1, -0.05) is 39.8 Å². The Morgan fingerprint density at radius 1 is 1.20 bits per heavy atom. The van der Waals surface area contributed by atoms with Crippen LogP contribution in [0.1, 0.15) is 56.5 Å². The van der Waals surface area contributed by atoms with Gasteiger partial charge < -0.3 is 9.72 Å². The van der Waals surface area contributed by atoms with E-state index in [2.05, 4.69) is 61.1 Å². The zero-order valence-electron chi connectivity index (χ0n) is 12.4. The van der Waals surface area contributed by atoms with E-state index in [-0.39, 0.29) is 0 Å². The Labute approximate surface area is 124 Å². The van der Waals surface area contributed by atoms with Crippen LogP contribution in [0.25, 0.3) is 0 Å². The van der Waals surface area contributed by atoms with Crippen molar-refractivity contribution in [3.63, 3.8) is 0 Å². The van der Waals surface area contributed by atoms with Gasteiger partial charge in [0.25, 0.3) is 0 Å². The third-order valence-electron chi connectivity index (χ3n) is 3.24. The van der Waals surface area contributed by atoms with Gasteiger partial charge in [0.05, 0.1) is 0 Å². The van der Waals surface area contributed by atoms with Crippen LogP contribution >= 0.6 is 12.2 Å². The molecule has 5 heteroatoms. The van der Waals surface area contributed by atoms with E-state index in [0.717, 1.165) is 5.75 Å². The Morgan fingerprint density at radius 3 is 2.50 bits per heavy atom. The zero-order valence-corrected chi connectivity index (χ0v) is 13.2. The molecule has 2 N–H and O–H groups in total. The lowest BCUT2D eigenvalue weighted by atomic mass is 9.96. The number of hydrogen-bond acceptors (Lipinski definition) is 3. The highest BCUT2D eigenvalue weighted by Crippen LogP contribution is 2.30. The molecule has 0 aliphatic rings. The molecule has 1 aromatic carbocycles. The fourth-order valence-electron chi connectivity index (χ4n) is 2.03. The molecule has 4 nitrogen and oxygen atoms in total. The number of nitrogens with one attached hydrogen (secondary N) is 2. The summed E-state index contributed by atoms with van der Waals surface area (Å²) in [6, 6.07) is 6.46. The number of hydrogen-bond donors (Lipinski definition) is 2. The first kappa shape index (κ1) is 14.8. The molecule has 0 atom stereocenters. The molecule has 0 bridgehead atoms. The van der Waals surface area contributed by atoms with E-state index in [9.17, 15) is 0 Å². The summed E-state index contributed by atoms with van der Waals surface area (Å²) in [7, 11) is 0. The van der Waals surface area contributed by atoms with Gasteiger partial charge >= 0.3 is 0 Å². The molecular weight excluding hydrogens is 270 g/mol. The van der Waals surface area contributed by atoms with Crippen LogP contribution in [0.2, 0.25) is 0 Å². The first-order chi connectivity index (χ1) is 9.47. The maximum Gasteiger partial charge on any atom is 0.192 e. The van der Waals surface area contributed by atoms with Crippen molar-refractivity contribution < 1.29 is 4.74 Å². The van der Waals surface area contributed by atoms with Crippen LogP contribution in [0.3, 0.4) is 0 Å². The van der Waals surface area contributed by atoms with Crippen LogP contribution < -0.4 is 4.74 Å². The molecule has 108 valence electrons. The summed E-state index contributed by atoms with van der Waals surface area (Å²) < 4.78 is 6.45. The van der Waals surface area contributed by atoms with Gasteiger partial charge in [0.1, 0.15) is 12.4 Å². The lowest BCUT2D eigenvalue weighted by molar-refractivity contribution is 0.292. The molecule has 1 aromatic heterocycles. The molecule has 2 rings (SSSR count). The molecule has 0 saturated carbocycles. The molecule has 2 aromatic rings. The topological polar surface area (TPSA) is 53.7 Å². The lowest BCUT2D eigenvalue weighted by Crippen LogP contribution is -2.02. The molecule has 0 radical (unpaired) electrons. The van der Waals surface area contributed by atoms with Crippen molar-refractivity contribution in [2.75, 3.05) is 0 Å². The minimum absolute atomic E-state index is 0.383. The standard InChI is InChI=1S/C15H21N3OS/c1-9(2)11-5-6-12(10(3)4)13(7-11)19-8-14-16-15(20)18-17-14/h5-7,9-10H,8H2,1-4H3,(H2,16,17,18,20). The summed E-state index contributed by atoms with van der Waals surface area (Å²) in [5, 5.41) is 6.75. The molecule has 1 heterocycles. The Bertz CT molecular complexity index is 628. The minimum Gasteiger partial charge on any atom is -0.485 e. The summed E-state index contributed by atoms with van der Waals surface area (Å²) in [5.74, 6) is 2.53. The van der Waals surface area contributed by atoms with Crippen LogP contribution in [0.15, 0.2) is 18.2 Å². The van der Waals surface area contributed by atoms with Crippen molar-refractivity contribution in [2.45, 2.75) is 46.1 Å². The van der Waals surface area contributed by atoms with Crippen molar-refractivity contribution in [1.29, 1.82) is 0 Å². The smallest absolute Gasteiger partial charge is 0.192 e. The second-order valence-electron chi connectivity index (χ2n) is 5.52. The molecule has 0 aliphatic heterocycles. The maximum absolute atomic E-state index is 5.93. The highest BCUT2D eigenvalue weighted by atomic mass is 32.1. The third-order valence-corrected chi connectivity index (χ3v) is 3.43. The van der Waals surface area contributed by atoms with E-state index in [1.54, 1.807) is 0 Å². The van der Waals surface area contributed by atoms with Crippen LogP contribution in [0.5, 0.6) is 5.75 Å². The first-order valence-corrected chi connectivity index (χ1v) is 7.28. The van der Waals surface area contributed by atoms with Crippen LogP contribution in [-0.2, 0) is 6.61 Å². The van der Waals surface area contributed by atoms with Crippen molar-refractivity contribution >= 4 is 12.2 Å². The van der Waals surface area contributed by atoms with Gasteiger partial charge in [0.15, 0.2) is 10.6 Å².